The maximum atomic E-state index is 13.1. The van der Waals surface area contributed by atoms with Crippen molar-refractivity contribution in [1.29, 1.82) is 5.26 Å². The number of benzene rings is 6. The Morgan fingerprint density at radius 1 is 0.582 bits per heavy atom. The zero-order chi connectivity index (χ0) is 101. The minimum Gasteiger partial charge on any atom is -0.497 e. The summed E-state index contributed by atoms with van der Waals surface area (Å²) in [5.74, 6) is 4.05. The third-order valence-corrected chi connectivity index (χ3v) is 22.8. The number of thiophene rings is 1. The Labute approximate surface area is 812 Å². The van der Waals surface area contributed by atoms with E-state index < -0.39 is 10.0 Å². The Morgan fingerprint density at radius 2 is 1.18 bits per heavy atom. The number of nitrogens with zero attached hydrogens (tertiary/aromatic N) is 4. The number of para-hydroxylation sites is 2. The predicted molar refractivity (Wildman–Crippen MR) is 557 cm³/mol. The number of ether oxygens (including phenoxy) is 3. The maximum absolute atomic E-state index is 13.1. The molecule has 134 heavy (non-hydrogen) atoms. The number of carbonyl (C=O) groups excluding carboxylic acids is 2. The molecule has 0 amide bonds. The van der Waals surface area contributed by atoms with E-state index in [0.717, 1.165) is 108 Å². The van der Waals surface area contributed by atoms with Crippen LogP contribution in [0.2, 0.25) is 0 Å². The van der Waals surface area contributed by atoms with Gasteiger partial charge in [-0.3, -0.25) is 14.2 Å². The Kier molecular flexibility index (Phi) is 48.7. The summed E-state index contributed by atoms with van der Waals surface area (Å²) < 4.78 is 82.6. The normalized spacial score (nSPS) is 13.7. The summed E-state index contributed by atoms with van der Waals surface area (Å²) in [4.78, 5) is 40.6. The molecule has 1 aliphatic heterocycles. The molecule has 0 spiro atoms. The molecule has 15 nitrogen and oxygen atoms in total. The van der Waals surface area contributed by atoms with Crippen molar-refractivity contribution >= 4 is 44.0 Å². The lowest BCUT2D eigenvalue weighted by atomic mass is 9.84. The topological polar surface area (TPSA) is 197 Å². The molecule has 4 aromatic heterocycles. The van der Waals surface area contributed by atoms with Crippen LogP contribution in [0.15, 0.2) is 206 Å². The summed E-state index contributed by atoms with van der Waals surface area (Å²) in [6.07, 6.45) is 20.6. The fourth-order valence-electron chi connectivity index (χ4n) is 14.2. The number of fused-ring (bicyclic) bond motifs is 1. The Hall–Kier alpha value is -9.06. The van der Waals surface area contributed by atoms with Crippen LogP contribution in [-0.2, 0) is 62.6 Å². The van der Waals surface area contributed by atoms with Gasteiger partial charge in [0.1, 0.15) is 29.2 Å². The van der Waals surface area contributed by atoms with Crippen molar-refractivity contribution < 1.29 is 54.2 Å². The van der Waals surface area contributed by atoms with Crippen molar-refractivity contribution in [1.82, 2.24) is 13.9 Å². The molecule has 6 aromatic carbocycles. The second-order valence-electron chi connectivity index (χ2n) is 47.2. The number of carbonyl (C=O) groups is 2. The minimum atomic E-state index is -3.00. The zero-order valence-corrected chi connectivity index (χ0v) is 90.0. The van der Waals surface area contributed by atoms with Crippen LogP contribution in [0.25, 0.3) is 21.7 Å². The van der Waals surface area contributed by atoms with Crippen LogP contribution in [0.3, 0.4) is 0 Å². The number of halogens is 2. The van der Waals surface area contributed by atoms with Crippen LogP contribution in [0.4, 0.5) is 8.78 Å². The van der Waals surface area contributed by atoms with E-state index in [9.17, 15) is 31.6 Å². The highest BCUT2D eigenvalue weighted by molar-refractivity contribution is 7.88. The first kappa shape index (κ1) is 119. The second kappa shape index (κ2) is 54.8. The molecule has 742 valence electrons. The number of aromatic nitrogens is 2. The second-order valence-corrected chi connectivity index (χ2v) is 50.3. The molecular weight excluding hydrogens is 1720 g/mol. The average Bonchev–Trinajstić information content (AvgIpc) is 1.66. The summed E-state index contributed by atoms with van der Waals surface area (Å²) in [5.41, 5.74) is 10.9. The summed E-state index contributed by atoms with van der Waals surface area (Å²) in [7, 11) is 0.306. The molecule has 1 aliphatic carbocycles. The van der Waals surface area contributed by atoms with Gasteiger partial charge in [0.25, 0.3) is 0 Å². The zero-order valence-electron chi connectivity index (χ0n) is 88.3. The first-order valence-electron chi connectivity index (χ1n) is 47.7. The largest absolute Gasteiger partial charge is 0.497 e. The lowest BCUT2D eigenvalue weighted by Gasteiger charge is -2.24. The quantitative estimate of drug-likeness (QED) is 0.0694. The van der Waals surface area contributed by atoms with E-state index in [2.05, 4.69) is 234 Å². The number of methoxy groups -OCH3 is 1. The van der Waals surface area contributed by atoms with E-state index in [1.165, 1.54) is 85.0 Å². The van der Waals surface area contributed by atoms with Crippen LogP contribution in [0, 0.1) is 72.2 Å². The Morgan fingerprint density at radius 3 is 1.68 bits per heavy atom. The van der Waals surface area contributed by atoms with Crippen molar-refractivity contribution in [2.45, 2.75) is 328 Å². The van der Waals surface area contributed by atoms with Gasteiger partial charge in [0.15, 0.2) is 35.1 Å². The average molecular weight is 1890 g/mol. The van der Waals surface area contributed by atoms with Gasteiger partial charge in [0.05, 0.1) is 54.0 Å². The molecule has 1 saturated heterocycles. The first-order valence-corrected chi connectivity index (χ1v) is 50.5. The molecular formula is C115H170F2N4O11S2. The molecule has 2 aliphatic rings. The molecule has 1 atom stereocenters. The monoisotopic (exact) mass is 1890 g/mol. The number of nitriles is 1. The summed E-state index contributed by atoms with van der Waals surface area (Å²) in [6.45, 7) is 67.5. The van der Waals surface area contributed by atoms with Crippen molar-refractivity contribution in [3.8, 4) is 28.2 Å². The molecule has 1 unspecified atom stereocenters. The summed E-state index contributed by atoms with van der Waals surface area (Å²) in [5, 5.41) is 10.6. The van der Waals surface area contributed by atoms with Crippen LogP contribution >= 0.6 is 11.3 Å². The molecule has 12 rings (SSSR count). The number of hydrogen-bond acceptors (Lipinski definition) is 14. The number of sulfonamides is 1. The van der Waals surface area contributed by atoms with E-state index in [-0.39, 0.29) is 73.0 Å². The van der Waals surface area contributed by atoms with Crippen LogP contribution in [-0.4, -0.2) is 80.1 Å². The molecule has 0 N–H and O–H groups in total. The highest BCUT2D eigenvalue weighted by Crippen LogP contribution is 2.37. The van der Waals surface area contributed by atoms with Gasteiger partial charge >= 0.3 is 5.76 Å². The van der Waals surface area contributed by atoms with Gasteiger partial charge in [-0.2, -0.15) is 5.26 Å². The van der Waals surface area contributed by atoms with E-state index >= 15 is 0 Å². The van der Waals surface area contributed by atoms with E-state index in [1.54, 1.807) is 72.5 Å². The molecule has 10 aromatic rings. The van der Waals surface area contributed by atoms with Gasteiger partial charge < -0.3 is 27.5 Å². The number of ketones is 2. The predicted octanol–water partition coefficient (Wildman–Crippen LogP) is 31.3. The number of rotatable bonds is 19. The van der Waals surface area contributed by atoms with Gasteiger partial charge in [-0.25, -0.2) is 31.3 Å². The smallest absolute Gasteiger partial charge is 0.419 e. The van der Waals surface area contributed by atoms with Crippen LogP contribution in [0.5, 0.6) is 11.5 Å². The number of Topliss-reactive ketones (excluding diaryl/α,β-unsaturated/α-hetero) is 2. The Bertz CT molecular complexity index is 5220. The molecule has 5 heterocycles. The summed E-state index contributed by atoms with van der Waals surface area (Å²) >= 11 is 1.68. The Balaban J connectivity index is 0.000000385. The third kappa shape index (κ3) is 53.4. The maximum Gasteiger partial charge on any atom is 0.419 e. The SMILES string of the molecule is CC(C)(C)CC1CCCC1.CC(C)(C)CCCC(=O)c1ccco1.CC(C)(C)COc1ccc(C#N)cc1.CC(C)(C)Cc1cccc(F)c1.CC(C)(C)Cc1ccccc1F.CC(C)(C)Cn1c(=O)oc2ccccc21.CC(C)(C)c1cccc(CC(=O)C2CCCO2)c1.CC(C)(C)c1ncoc1-c1cccs1.CN(CC(C)(C)C)S(C)(=O)=O.COc1cccc(CCC(C)(C)C)c1. The summed E-state index contributed by atoms with van der Waals surface area (Å²) in [6, 6.07) is 54.7. The lowest BCUT2D eigenvalue weighted by molar-refractivity contribution is -0.127. The van der Waals surface area contributed by atoms with Crippen LogP contribution in [0.1, 0.15) is 328 Å². The lowest BCUT2D eigenvalue weighted by Crippen LogP contribution is -2.33. The van der Waals surface area contributed by atoms with Crippen molar-refractivity contribution in [2.75, 3.05) is 40.2 Å². The third-order valence-electron chi connectivity index (χ3n) is 20.7. The van der Waals surface area contributed by atoms with Gasteiger partial charge in [-0.1, -0.05) is 318 Å². The molecule has 1 saturated carbocycles. The van der Waals surface area contributed by atoms with E-state index in [4.69, 9.17) is 32.7 Å². The minimum absolute atomic E-state index is 0.0256. The first-order chi connectivity index (χ1) is 61.7. The molecule has 0 radical (unpaired) electrons. The molecule has 19 heteroatoms. The van der Waals surface area contributed by atoms with Gasteiger partial charge in [-0.15, -0.1) is 11.3 Å². The van der Waals surface area contributed by atoms with Crippen LogP contribution < -0.4 is 15.2 Å². The fraction of sp³-hybridized carbons (Fsp3) is 0.557. The van der Waals surface area contributed by atoms with E-state index in [0.29, 0.717) is 65.7 Å². The number of oxazole rings is 2. The standard InChI is InChI=1S/C16H22O2.C13H20O.C12H15NO2.C12H15NO.C12H18O2.2C11H15F.C11H13NOS.C10H20.C7H17NO2S/c1-16(2,3)13-7-4-6-12(10-13)11-14(17)15-8-5-9-18-15;1-13(2,3)9-8-11-6-5-7-12(10-11)14-4;1-12(2,3)8-13-9-6-4-5-7-10(9)15-11(13)14;1-12(2,3)9-14-11-6-4-10(8-13)5-7-11;1-12(2,3)8-4-6-10(13)11-7-5-9-14-11;1-11(2,3)8-9-5-4-6-10(12)7-9;1-11(2,3)8-9-6-4-5-7-10(9)12;1-11(2,3)10-9(13-7-12-10)8-5-4-6-14-8;1-10(2,3)8-9-6-4-5-7-9;1-7(2,3)6-8(4)11(5,9)10/h4,6-7,10,15H,5,8-9,11H2,1-3H3;5-7,10H,8-9H2,1-4H3;4-7H,8H2,1-3H3;4-7H,9H2,1-3H3;5,7,9H,4,6,8H2,1-3H3;2*4-7H,8H2,1-3H3;4-7H,1-3H3;9H,4-8H2,1-3H3;6H2,1-5H3. The van der Waals surface area contributed by atoms with Gasteiger partial charge in [0.2, 0.25) is 10.0 Å². The molecule has 2 fully saturated rings. The van der Waals surface area contributed by atoms with Crippen molar-refractivity contribution in [3.63, 3.8) is 0 Å². The number of hydrogen-bond donors (Lipinski definition) is 0. The number of furan rings is 1. The van der Waals surface area contributed by atoms with E-state index in [1.807, 2.05) is 105 Å². The van der Waals surface area contributed by atoms with Crippen molar-refractivity contribution in [2.24, 2.45) is 49.2 Å². The number of aryl methyl sites for hydroxylation is 1. The molecule has 0 bridgehead atoms. The fourth-order valence-corrected chi connectivity index (χ4v) is 15.6. The van der Waals surface area contributed by atoms with Gasteiger partial charge in [0, 0.05) is 45.0 Å². The van der Waals surface area contributed by atoms with Crippen molar-refractivity contribution in [3.05, 3.63) is 255 Å². The van der Waals surface area contributed by atoms with Gasteiger partial charge in [-0.05, 0) is 231 Å². The highest BCUT2D eigenvalue weighted by Gasteiger charge is 2.28. The highest BCUT2D eigenvalue weighted by atomic mass is 32.2.